The van der Waals surface area contributed by atoms with Gasteiger partial charge in [0, 0.05) is 68.9 Å². The van der Waals surface area contributed by atoms with Crippen molar-refractivity contribution in [2.45, 2.75) is 76.8 Å². The molecule has 0 atom stereocenters. The van der Waals surface area contributed by atoms with E-state index in [-0.39, 0.29) is 11.7 Å². The highest BCUT2D eigenvalue weighted by molar-refractivity contribution is 5.96. The van der Waals surface area contributed by atoms with Gasteiger partial charge in [-0.15, -0.1) is 0 Å². The molecule has 0 amide bonds. The van der Waals surface area contributed by atoms with Crippen LogP contribution in [0.25, 0.3) is 0 Å². The number of likely N-dealkylation sites (tertiary alicyclic amines) is 2. The minimum absolute atomic E-state index is 0.0363. The lowest BCUT2D eigenvalue weighted by atomic mass is 9.77. The lowest BCUT2D eigenvalue weighted by Crippen LogP contribution is -2.46. The van der Waals surface area contributed by atoms with E-state index in [2.05, 4.69) is 40.8 Å². The molecule has 0 bridgehead atoms. The third-order valence-corrected chi connectivity index (χ3v) is 9.31. The van der Waals surface area contributed by atoms with Gasteiger partial charge in [-0.1, -0.05) is 25.3 Å². The molecule has 3 aromatic heterocycles. The highest BCUT2D eigenvalue weighted by atomic mass is 16.1. The lowest BCUT2D eigenvalue weighted by molar-refractivity contribution is 0.0615. The second-order valence-electron chi connectivity index (χ2n) is 11.9. The van der Waals surface area contributed by atoms with Crippen molar-refractivity contribution >= 4 is 5.78 Å². The molecule has 0 radical (unpaired) electrons. The summed E-state index contributed by atoms with van der Waals surface area (Å²) >= 11 is 0. The number of aromatic amines is 2. The number of rotatable bonds is 9. The SMILES string of the molecule is O=C(c1ccc(CN2CCC3(CCN(C4CCCCC4)CC3)C2)cn1)C(Cc1ncc[nH]1)Cc1ncc[nH]1. The molecule has 0 unspecified atom stereocenters. The molecule has 1 spiro atoms. The van der Waals surface area contributed by atoms with Crippen LogP contribution >= 0.6 is 0 Å². The summed E-state index contributed by atoms with van der Waals surface area (Å²) in [6, 6.07) is 4.85. The van der Waals surface area contributed by atoms with Gasteiger partial charge >= 0.3 is 0 Å². The number of imidazole rings is 2. The van der Waals surface area contributed by atoms with Crippen LogP contribution in [0.5, 0.6) is 0 Å². The first-order valence-corrected chi connectivity index (χ1v) is 14.6. The average molecular weight is 516 g/mol. The van der Waals surface area contributed by atoms with Crippen molar-refractivity contribution in [2.24, 2.45) is 11.3 Å². The van der Waals surface area contributed by atoms with Gasteiger partial charge in [0.15, 0.2) is 5.78 Å². The molecule has 3 fully saturated rings. The van der Waals surface area contributed by atoms with Gasteiger partial charge in [-0.25, -0.2) is 9.97 Å². The number of aromatic nitrogens is 5. The third-order valence-electron chi connectivity index (χ3n) is 9.31. The van der Waals surface area contributed by atoms with E-state index in [0.29, 0.717) is 24.0 Å². The van der Waals surface area contributed by atoms with Crippen molar-refractivity contribution in [3.05, 3.63) is 66.0 Å². The van der Waals surface area contributed by atoms with Gasteiger partial charge < -0.3 is 14.9 Å². The number of ketones is 1. The summed E-state index contributed by atoms with van der Waals surface area (Å²) in [5.41, 5.74) is 2.20. The summed E-state index contributed by atoms with van der Waals surface area (Å²) < 4.78 is 0. The Kier molecular flexibility index (Phi) is 7.70. The molecule has 3 aliphatic rings. The van der Waals surface area contributed by atoms with Crippen LogP contribution in [-0.2, 0) is 19.4 Å². The lowest BCUT2D eigenvalue weighted by Gasteiger charge is -2.43. The Morgan fingerprint density at radius 3 is 2.21 bits per heavy atom. The maximum absolute atomic E-state index is 13.4. The van der Waals surface area contributed by atoms with Crippen molar-refractivity contribution in [2.75, 3.05) is 26.2 Å². The highest BCUT2D eigenvalue weighted by Crippen LogP contribution is 2.42. The molecule has 202 valence electrons. The number of H-pyrrole nitrogens is 2. The maximum atomic E-state index is 13.4. The molecule has 1 saturated carbocycles. The number of carbonyl (C=O) groups is 1. The molecule has 5 heterocycles. The summed E-state index contributed by atoms with van der Waals surface area (Å²) in [6.07, 6.45) is 21.1. The zero-order valence-electron chi connectivity index (χ0n) is 22.4. The Morgan fingerprint density at radius 2 is 1.61 bits per heavy atom. The Bertz CT molecular complexity index is 1110. The first-order valence-electron chi connectivity index (χ1n) is 14.6. The summed E-state index contributed by atoms with van der Waals surface area (Å²) in [7, 11) is 0. The number of piperidine rings is 1. The fraction of sp³-hybridized carbons (Fsp3) is 0.600. The number of hydrogen-bond acceptors (Lipinski definition) is 6. The molecule has 0 aromatic carbocycles. The monoisotopic (exact) mass is 515 g/mol. The fourth-order valence-electron chi connectivity index (χ4n) is 7.06. The average Bonchev–Trinajstić information content (AvgIpc) is 3.74. The van der Waals surface area contributed by atoms with Gasteiger partial charge in [-0.05, 0) is 68.8 Å². The number of nitrogens with one attached hydrogen (secondary N) is 2. The van der Waals surface area contributed by atoms with Crippen LogP contribution in [0.4, 0.5) is 0 Å². The molecule has 2 N–H and O–H groups in total. The standard InChI is InChI=1S/C30H41N7O/c38-29(24(18-27-31-11-12-32-27)19-28-33-13-14-34-28)26-7-6-23(20-35-26)21-36-15-8-30(22-36)9-16-37(17-10-30)25-4-2-1-3-5-25/h6-7,11-14,20,24-25H,1-5,8-10,15-19,21-22H2,(H,31,32)(H,33,34). The van der Waals surface area contributed by atoms with Gasteiger partial charge in [-0.2, -0.15) is 0 Å². The second-order valence-corrected chi connectivity index (χ2v) is 11.9. The zero-order chi connectivity index (χ0) is 25.8. The molecule has 8 heteroatoms. The molecule has 38 heavy (non-hydrogen) atoms. The summed E-state index contributed by atoms with van der Waals surface area (Å²) in [5.74, 6) is 1.37. The van der Waals surface area contributed by atoms with Gasteiger partial charge in [0.05, 0.1) is 0 Å². The van der Waals surface area contributed by atoms with Crippen molar-refractivity contribution in [3.8, 4) is 0 Å². The predicted octanol–water partition coefficient (Wildman–Crippen LogP) is 4.43. The van der Waals surface area contributed by atoms with Crippen molar-refractivity contribution in [1.82, 2.24) is 34.7 Å². The van der Waals surface area contributed by atoms with Gasteiger partial charge in [0.1, 0.15) is 17.3 Å². The van der Waals surface area contributed by atoms with Gasteiger partial charge in [-0.3, -0.25) is 14.7 Å². The Balaban J connectivity index is 1.04. The van der Waals surface area contributed by atoms with Crippen LogP contribution in [0.2, 0.25) is 0 Å². The number of carbonyl (C=O) groups excluding carboxylic acids is 1. The molecule has 3 aromatic rings. The Morgan fingerprint density at radius 1 is 0.921 bits per heavy atom. The summed E-state index contributed by atoms with van der Waals surface area (Å²) in [4.78, 5) is 38.4. The van der Waals surface area contributed by atoms with Crippen LogP contribution < -0.4 is 0 Å². The van der Waals surface area contributed by atoms with Gasteiger partial charge in [0.2, 0.25) is 0 Å². The van der Waals surface area contributed by atoms with E-state index in [1.54, 1.807) is 24.8 Å². The third kappa shape index (κ3) is 5.91. The van der Waals surface area contributed by atoms with Crippen LogP contribution in [0, 0.1) is 11.3 Å². The zero-order valence-corrected chi connectivity index (χ0v) is 22.4. The molecule has 6 rings (SSSR count). The van der Waals surface area contributed by atoms with Crippen molar-refractivity contribution < 1.29 is 4.79 Å². The first-order chi connectivity index (χ1) is 18.7. The smallest absolute Gasteiger partial charge is 0.185 e. The molecule has 1 aliphatic carbocycles. The molecular weight excluding hydrogens is 474 g/mol. The Labute approximate surface area is 225 Å². The predicted molar refractivity (Wildman–Crippen MR) is 147 cm³/mol. The van der Waals surface area contributed by atoms with Crippen molar-refractivity contribution in [3.63, 3.8) is 0 Å². The quantitative estimate of drug-likeness (QED) is 0.410. The fourth-order valence-corrected chi connectivity index (χ4v) is 7.06. The van der Waals surface area contributed by atoms with Crippen LogP contribution in [-0.4, -0.2) is 72.7 Å². The maximum Gasteiger partial charge on any atom is 0.185 e. The number of pyridine rings is 1. The van der Waals surface area contributed by atoms with E-state index >= 15 is 0 Å². The largest absolute Gasteiger partial charge is 0.349 e. The highest BCUT2D eigenvalue weighted by Gasteiger charge is 2.41. The molecule has 2 aliphatic heterocycles. The molecule has 8 nitrogen and oxygen atoms in total. The minimum atomic E-state index is -0.274. The molecular formula is C30H41N7O. The van der Waals surface area contributed by atoms with E-state index < -0.39 is 0 Å². The van der Waals surface area contributed by atoms with E-state index in [1.165, 1.54) is 83.1 Å². The minimum Gasteiger partial charge on any atom is -0.349 e. The number of nitrogens with zero attached hydrogens (tertiary/aromatic N) is 5. The Hall–Kier alpha value is -2.84. The van der Waals surface area contributed by atoms with E-state index in [1.807, 2.05) is 12.3 Å². The van der Waals surface area contributed by atoms with Crippen LogP contribution in [0.3, 0.4) is 0 Å². The number of Topliss-reactive ketones (excluding diaryl/α,β-unsaturated/α-hetero) is 1. The number of hydrogen-bond donors (Lipinski definition) is 2. The van der Waals surface area contributed by atoms with E-state index in [4.69, 9.17) is 0 Å². The normalized spacial score (nSPS) is 21.0. The molecule has 2 saturated heterocycles. The summed E-state index contributed by atoms with van der Waals surface area (Å²) in [6.45, 7) is 5.85. The van der Waals surface area contributed by atoms with E-state index in [9.17, 15) is 4.79 Å². The second kappa shape index (κ2) is 11.5. The van der Waals surface area contributed by atoms with Crippen molar-refractivity contribution in [1.29, 1.82) is 0 Å². The van der Waals surface area contributed by atoms with Crippen LogP contribution in [0.15, 0.2) is 43.1 Å². The van der Waals surface area contributed by atoms with Gasteiger partial charge in [0.25, 0.3) is 0 Å². The first kappa shape index (κ1) is 25.4. The van der Waals surface area contributed by atoms with Crippen LogP contribution in [0.1, 0.15) is 79.1 Å². The topological polar surface area (TPSA) is 93.8 Å². The van der Waals surface area contributed by atoms with E-state index in [0.717, 1.165) is 24.2 Å². The summed E-state index contributed by atoms with van der Waals surface area (Å²) in [5, 5.41) is 0.